The molecule has 5 nitrogen and oxygen atoms in total. The maximum atomic E-state index is 10.6. The molecule has 14 heavy (non-hydrogen) atoms. The molecular formula is C9H12N2O3. The molecule has 1 unspecified atom stereocenters. The van der Waals surface area contributed by atoms with Crippen LogP contribution in [-0.2, 0) is 0 Å². The highest BCUT2D eigenvalue weighted by molar-refractivity contribution is 5.90. The molecule has 0 amide bonds. The van der Waals surface area contributed by atoms with Crippen molar-refractivity contribution in [1.82, 2.24) is 0 Å². The number of carboxylic acids is 1. The number of nitrogens with two attached hydrogens (primary N) is 2. The zero-order chi connectivity index (χ0) is 10.7. The quantitative estimate of drug-likeness (QED) is 0.546. The third-order valence-corrected chi connectivity index (χ3v) is 1.93. The molecule has 0 heterocycles. The van der Waals surface area contributed by atoms with Gasteiger partial charge in [-0.1, -0.05) is 6.07 Å². The minimum Gasteiger partial charge on any atom is -0.507 e. The number of rotatable bonds is 3. The summed E-state index contributed by atoms with van der Waals surface area (Å²) in [5.41, 5.74) is 11.4. The molecule has 76 valence electrons. The van der Waals surface area contributed by atoms with E-state index in [1.165, 1.54) is 12.1 Å². The average Bonchev–Trinajstić information content (AvgIpc) is 2.15. The van der Waals surface area contributed by atoms with Gasteiger partial charge in [-0.05, 0) is 17.7 Å². The van der Waals surface area contributed by atoms with Gasteiger partial charge in [0.15, 0.2) is 0 Å². The SMILES string of the molecule is NCC(N)c1ccc(C(=O)O)c(O)c1. The van der Waals surface area contributed by atoms with Crippen molar-refractivity contribution < 1.29 is 15.0 Å². The molecule has 0 aromatic heterocycles. The van der Waals surface area contributed by atoms with Gasteiger partial charge in [-0.25, -0.2) is 4.79 Å². The Morgan fingerprint density at radius 2 is 2.14 bits per heavy atom. The molecule has 0 saturated carbocycles. The fourth-order valence-corrected chi connectivity index (χ4v) is 1.10. The summed E-state index contributed by atoms with van der Waals surface area (Å²) in [6.07, 6.45) is 0. The lowest BCUT2D eigenvalue weighted by molar-refractivity contribution is 0.0693. The van der Waals surface area contributed by atoms with Crippen LogP contribution in [0, 0.1) is 0 Å². The van der Waals surface area contributed by atoms with E-state index in [1.807, 2.05) is 0 Å². The Labute approximate surface area is 81.0 Å². The Hall–Kier alpha value is -1.59. The van der Waals surface area contributed by atoms with Gasteiger partial charge in [0, 0.05) is 12.6 Å². The summed E-state index contributed by atoms with van der Waals surface area (Å²) in [6, 6.07) is 3.79. The van der Waals surface area contributed by atoms with Gasteiger partial charge in [0.2, 0.25) is 0 Å². The molecule has 0 bridgehead atoms. The van der Waals surface area contributed by atoms with Crippen molar-refractivity contribution in [1.29, 1.82) is 0 Å². The molecular weight excluding hydrogens is 184 g/mol. The largest absolute Gasteiger partial charge is 0.507 e. The van der Waals surface area contributed by atoms with Gasteiger partial charge in [-0.2, -0.15) is 0 Å². The van der Waals surface area contributed by atoms with Gasteiger partial charge in [0.25, 0.3) is 0 Å². The van der Waals surface area contributed by atoms with Crippen LogP contribution in [0.15, 0.2) is 18.2 Å². The van der Waals surface area contributed by atoms with Crippen LogP contribution in [0.2, 0.25) is 0 Å². The van der Waals surface area contributed by atoms with E-state index in [-0.39, 0.29) is 23.9 Å². The first-order chi connectivity index (χ1) is 6.56. The fraction of sp³-hybridized carbons (Fsp3) is 0.222. The Morgan fingerprint density at radius 3 is 2.57 bits per heavy atom. The minimum atomic E-state index is -1.17. The maximum Gasteiger partial charge on any atom is 0.339 e. The van der Waals surface area contributed by atoms with Crippen molar-refractivity contribution >= 4 is 5.97 Å². The van der Waals surface area contributed by atoms with E-state index < -0.39 is 5.97 Å². The predicted molar refractivity (Wildman–Crippen MR) is 51.0 cm³/mol. The zero-order valence-corrected chi connectivity index (χ0v) is 7.47. The van der Waals surface area contributed by atoms with E-state index >= 15 is 0 Å². The van der Waals surface area contributed by atoms with Crippen molar-refractivity contribution in [2.45, 2.75) is 6.04 Å². The minimum absolute atomic E-state index is 0.141. The van der Waals surface area contributed by atoms with E-state index in [2.05, 4.69) is 0 Å². The number of carbonyl (C=O) groups is 1. The molecule has 1 aromatic carbocycles. The Balaban J connectivity index is 3.06. The van der Waals surface area contributed by atoms with Crippen molar-refractivity contribution in [3.8, 4) is 5.75 Å². The van der Waals surface area contributed by atoms with E-state index in [1.54, 1.807) is 6.07 Å². The summed E-state index contributed by atoms with van der Waals surface area (Å²) < 4.78 is 0. The summed E-state index contributed by atoms with van der Waals surface area (Å²) in [5.74, 6) is -1.46. The van der Waals surface area contributed by atoms with Crippen LogP contribution in [0.1, 0.15) is 22.0 Å². The Morgan fingerprint density at radius 1 is 1.50 bits per heavy atom. The molecule has 0 fully saturated rings. The van der Waals surface area contributed by atoms with Crippen LogP contribution in [-0.4, -0.2) is 22.7 Å². The number of hydrogen-bond donors (Lipinski definition) is 4. The Bertz CT molecular complexity index is 352. The normalized spacial score (nSPS) is 12.4. The number of aromatic hydroxyl groups is 1. The number of hydrogen-bond acceptors (Lipinski definition) is 4. The van der Waals surface area contributed by atoms with Crippen LogP contribution < -0.4 is 11.5 Å². The van der Waals surface area contributed by atoms with E-state index in [0.29, 0.717) is 5.56 Å². The molecule has 0 radical (unpaired) electrons. The molecule has 0 saturated heterocycles. The summed E-state index contributed by atoms with van der Waals surface area (Å²) in [5, 5.41) is 18.0. The van der Waals surface area contributed by atoms with Gasteiger partial charge < -0.3 is 21.7 Å². The second-order valence-electron chi connectivity index (χ2n) is 2.92. The molecule has 0 spiro atoms. The highest BCUT2D eigenvalue weighted by Crippen LogP contribution is 2.21. The van der Waals surface area contributed by atoms with Gasteiger partial charge in [0.05, 0.1) is 0 Å². The standard InChI is InChI=1S/C9H12N2O3/c10-4-7(11)5-1-2-6(9(13)14)8(12)3-5/h1-3,7,12H,4,10-11H2,(H,13,14). The summed E-state index contributed by atoms with van der Waals surface area (Å²) in [6.45, 7) is 0.242. The van der Waals surface area contributed by atoms with Crippen molar-refractivity contribution in [2.75, 3.05) is 6.54 Å². The van der Waals surface area contributed by atoms with Gasteiger partial charge in [-0.15, -0.1) is 0 Å². The van der Waals surface area contributed by atoms with Crippen molar-refractivity contribution in [3.63, 3.8) is 0 Å². The lowest BCUT2D eigenvalue weighted by Crippen LogP contribution is -2.20. The molecule has 5 heteroatoms. The Kier molecular flexibility index (Phi) is 3.06. The molecule has 1 aromatic rings. The van der Waals surface area contributed by atoms with Gasteiger partial charge >= 0.3 is 5.97 Å². The topological polar surface area (TPSA) is 110 Å². The third-order valence-electron chi connectivity index (χ3n) is 1.93. The van der Waals surface area contributed by atoms with Gasteiger partial charge in [-0.3, -0.25) is 0 Å². The zero-order valence-electron chi connectivity index (χ0n) is 7.47. The maximum absolute atomic E-state index is 10.6. The van der Waals surface area contributed by atoms with Crippen molar-refractivity contribution in [3.05, 3.63) is 29.3 Å². The van der Waals surface area contributed by atoms with Gasteiger partial charge in [0.1, 0.15) is 11.3 Å². The molecule has 0 aliphatic carbocycles. The van der Waals surface area contributed by atoms with Crippen LogP contribution in [0.25, 0.3) is 0 Å². The monoisotopic (exact) mass is 196 g/mol. The predicted octanol–water partition coefficient (Wildman–Crippen LogP) is 0.0489. The molecule has 1 rings (SSSR count). The number of carboxylic acid groups (broad SMARTS) is 1. The summed E-state index contributed by atoms with van der Waals surface area (Å²) >= 11 is 0. The fourth-order valence-electron chi connectivity index (χ4n) is 1.10. The highest BCUT2D eigenvalue weighted by atomic mass is 16.4. The first-order valence-electron chi connectivity index (χ1n) is 4.08. The number of benzene rings is 1. The van der Waals surface area contributed by atoms with E-state index in [4.69, 9.17) is 16.6 Å². The smallest absolute Gasteiger partial charge is 0.339 e. The number of phenols is 1. The lowest BCUT2D eigenvalue weighted by atomic mass is 10.0. The molecule has 1 atom stereocenters. The lowest BCUT2D eigenvalue weighted by Gasteiger charge is -2.10. The second-order valence-corrected chi connectivity index (χ2v) is 2.92. The highest BCUT2D eigenvalue weighted by Gasteiger charge is 2.11. The van der Waals surface area contributed by atoms with E-state index in [0.717, 1.165) is 0 Å². The first kappa shape index (κ1) is 10.5. The molecule has 0 aliphatic rings. The summed E-state index contributed by atoms with van der Waals surface area (Å²) in [7, 11) is 0. The van der Waals surface area contributed by atoms with Crippen LogP contribution in [0.4, 0.5) is 0 Å². The second kappa shape index (κ2) is 4.08. The third kappa shape index (κ3) is 2.01. The molecule has 6 N–H and O–H groups in total. The molecule has 0 aliphatic heterocycles. The van der Waals surface area contributed by atoms with Crippen LogP contribution in [0.5, 0.6) is 5.75 Å². The average molecular weight is 196 g/mol. The van der Waals surface area contributed by atoms with E-state index in [9.17, 15) is 9.90 Å². The summed E-state index contributed by atoms with van der Waals surface area (Å²) in [4.78, 5) is 10.6. The van der Waals surface area contributed by atoms with Crippen molar-refractivity contribution in [2.24, 2.45) is 11.5 Å². The van der Waals surface area contributed by atoms with Crippen LogP contribution >= 0.6 is 0 Å². The first-order valence-corrected chi connectivity index (χ1v) is 4.08. The van der Waals surface area contributed by atoms with Crippen LogP contribution in [0.3, 0.4) is 0 Å². The number of aromatic carboxylic acids is 1.